The van der Waals surface area contributed by atoms with Crippen LogP contribution < -0.4 is 5.73 Å². The Labute approximate surface area is 136 Å². The molecule has 0 aliphatic rings. The smallest absolute Gasteiger partial charge is 0.140 e. The van der Waals surface area contributed by atoms with E-state index in [-0.39, 0.29) is 12.1 Å². The lowest BCUT2D eigenvalue weighted by Gasteiger charge is -2.23. The first-order valence-corrected chi connectivity index (χ1v) is 8.42. The molecule has 108 valence electrons. The molecule has 0 saturated heterocycles. The van der Waals surface area contributed by atoms with Crippen LogP contribution in [-0.2, 0) is 0 Å². The van der Waals surface area contributed by atoms with E-state index in [2.05, 4.69) is 49.1 Å². The van der Waals surface area contributed by atoms with Gasteiger partial charge in [0.2, 0.25) is 0 Å². The van der Waals surface area contributed by atoms with Gasteiger partial charge in [-0.15, -0.1) is 11.3 Å². The molecule has 5 heteroatoms. The first kappa shape index (κ1) is 14.5. The van der Waals surface area contributed by atoms with E-state index in [0.29, 0.717) is 0 Å². The summed E-state index contributed by atoms with van der Waals surface area (Å²) in [7, 11) is 0. The minimum absolute atomic E-state index is 0.00721. The molecule has 3 aromatic rings. The third kappa shape index (κ3) is 2.95. The molecule has 2 atom stereocenters. The van der Waals surface area contributed by atoms with Crippen molar-refractivity contribution in [3.05, 3.63) is 63.5 Å². The predicted octanol–water partition coefficient (Wildman–Crippen LogP) is 4.31. The molecule has 3 rings (SSSR count). The summed E-state index contributed by atoms with van der Waals surface area (Å²) in [5.41, 5.74) is 7.36. The molecular weight excluding hydrogens is 346 g/mol. The molecule has 0 fully saturated rings. The van der Waals surface area contributed by atoms with Crippen molar-refractivity contribution in [1.29, 1.82) is 0 Å². The molecule has 0 amide bonds. The van der Waals surface area contributed by atoms with Crippen LogP contribution in [0.4, 0.5) is 0 Å². The Balaban J connectivity index is 2.08. The van der Waals surface area contributed by atoms with E-state index in [1.165, 1.54) is 4.88 Å². The average molecular weight is 362 g/mol. The van der Waals surface area contributed by atoms with Crippen molar-refractivity contribution >= 4 is 27.3 Å². The topological polar surface area (TPSA) is 43.8 Å². The van der Waals surface area contributed by atoms with Crippen LogP contribution in [-0.4, -0.2) is 15.6 Å². The van der Waals surface area contributed by atoms with Gasteiger partial charge in [-0.2, -0.15) is 0 Å². The molecule has 2 aromatic heterocycles. The number of hydrogen-bond donors (Lipinski definition) is 1. The number of nitrogens with zero attached hydrogens (tertiary/aromatic N) is 2. The Kier molecular flexibility index (Phi) is 4.24. The molecule has 2 heterocycles. The van der Waals surface area contributed by atoms with Crippen molar-refractivity contribution in [1.82, 2.24) is 9.55 Å². The summed E-state index contributed by atoms with van der Waals surface area (Å²) in [5.74, 6) is 0.947. The number of halogens is 1. The van der Waals surface area contributed by atoms with Gasteiger partial charge in [-0.05, 0) is 28.9 Å². The van der Waals surface area contributed by atoms with Gasteiger partial charge >= 0.3 is 0 Å². The monoisotopic (exact) mass is 361 g/mol. The predicted molar refractivity (Wildman–Crippen MR) is 91.5 cm³/mol. The van der Waals surface area contributed by atoms with Crippen molar-refractivity contribution in [2.75, 3.05) is 0 Å². The Morgan fingerprint density at radius 1 is 1.29 bits per heavy atom. The van der Waals surface area contributed by atoms with Crippen molar-refractivity contribution in [2.45, 2.75) is 19.0 Å². The van der Waals surface area contributed by atoms with Gasteiger partial charge in [0.05, 0.1) is 6.04 Å². The van der Waals surface area contributed by atoms with Crippen LogP contribution in [0.2, 0.25) is 0 Å². The Morgan fingerprint density at radius 2 is 2.05 bits per heavy atom. The van der Waals surface area contributed by atoms with E-state index in [0.717, 1.165) is 15.9 Å². The zero-order valence-corrected chi connectivity index (χ0v) is 14.0. The van der Waals surface area contributed by atoms with Crippen LogP contribution >= 0.6 is 27.3 Å². The van der Waals surface area contributed by atoms with Gasteiger partial charge in [-0.3, -0.25) is 0 Å². The number of aromatic nitrogens is 2. The summed E-state index contributed by atoms with van der Waals surface area (Å²) in [5, 5.41) is 2.09. The number of hydrogen-bond acceptors (Lipinski definition) is 3. The minimum Gasteiger partial charge on any atom is -0.326 e. The number of nitrogens with two attached hydrogens (primary N) is 1. The standard InChI is InChI=1S/C16H16BrN3S/c1-11(18)15(14-9-13(17)10-21-14)20-8-7-19-16(20)12-5-3-2-4-6-12/h2-11,15H,18H2,1H3. The fraction of sp³-hybridized carbons (Fsp3) is 0.188. The lowest BCUT2D eigenvalue weighted by atomic mass is 10.1. The SMILES string of the molecule is CC(N)C(c1cc(Br)cs1)n1ccnc1-c1ccccc1. The molecule has 21 heavy (non-hydrogen) atoms. The second kappa shape index (κ2) is 6.13. The molecule has 0 aliphatic heterocycles. The molecular formula is C16H16BrN3S. The molecule has 0 bridgehead atoms. The Hall–Kier alpha value is -1.43. The van der Waals surface area contributed by atoms with Gasteiger partial charge in [0.15, 0.2) is 0 Å². The summed E-state index contributed by atoms with van der Waals surface area (Å²) in [6.07, 6.45) is 3.84. The normalized spacial score (nSPS) is 14.0. The second-order valence-corrected chi connectivity index (χ2v) is 6.85. The molecule has 2 N–H and O–H groups in total. The summed E-state index contributed by atoms with van der Waals surface area (Å²) in [6.45, 7) is 2.03. The van der Waals surface area contributed by atoms with Crippen LogP contribution in [0.5, 0.6) is 0 Å². The Morgan fingerprint density at radius 3 is 2.67 bits per heavy atom. The summed E-state index contributed by atoms with van der Waals surface area (Å²) in [6, 6.07) is 12.4. The van der Waals surface area contributed by atoms with Gasteiger partial charge < -0.3 is 10.3 Å². The van der Waals surface area contributed by atoms with Crippen molar-refractivity contribution in [2.24, 2.45) is 5.73 Å². The lowest BCUT2D eigenvalue weighted by molar-refractivity contribution is 0.507. The van der Waals surface area contributed by atoms with Crippen molar-refractivity contribution in [3.8, 4) is 11.4 Å². The number of thiophene rings is 1. The van der Waals surface area contributed by atoms with Gasteiger partial charge in [0.25, 0.3) is 0 Å². The van der Waals surface area contributed by atoms with Crippen molar-refractivity contribution < 1.29 is 0 Å². The quantitative estimate of drug-likeness (QED) is 0.752. The highest BCUT2D eigenvalue weighted by molar-refractivity contribution is 9.10. The fourth-order valence-electron chi connectivity index (χ4n) is 2.48. The van der Waals surface area contributed by atoms with E-state index in [4.69, 9.17) is 5.73 Å². The van der Waals surface area contributed by atoms with Crippen LogP contribution in [0.15, 0.2) is 58.6 Å². The molecule has 0 aliphatic carbocycles. The van der Waals surface area contributed by atoms with Gasteiger partial charge in [0, 0.05) is 38.7 Å². The van der Waals surface area contributed by atoms with Crippen LogP contribution in [0.25, 0.3) is 11.4 Å². The summed E-state index contributed by atoms with van der Waals surface area (Å²) >= 11 is 5.23. The third-order valence-corrected chi connectivity index (χ3v) is 5.14. The molecule has 0 saturated carbocycles. The number of imidazole rings is 1. The molecule has 1 aromatic carbocycles. The zero-order chi connectivity index (χ0) is 14.8. The van der Waals surface area contributed by atoms with E-state index < -0.39 is 0 Å². The summed E-state index contributed by atoms with van der Waals surface area (Å²) < 4.78 is 3.26. The molecule has 3 nitrogen and oxygen atoms in total. The summed E-state index contributed by atoms with van der Waals surface area (Å²) in [4.78, 5) is 5.75. The van der Waals surface area contributed by atoms with Crippen LogP contribution in [0, 0.1) is 0 Å². The van der Waals surface area contributed by atoms with Gasteiger partial charge in [0.1, 0.15) is 5.82 Å². The maximum Gasteiger partial charge on any atom is 0.140 e. The zero-order valence-electron chi connectivity index (χ0n) is 11.6. The fourth-order valence-corrected chi connectivity index (χ4v) is 4.14. The average Bonchev–Trinajstić information content (AvgIpc) is 3.10. The van der Waals surface area contributed by atoms with Crippen molar-refractivity contribution in [3.63, 3.8) is 0 Å². The molecule has 2 unspecified atom stereocenters. The van der Waals surface area contributed by atoms with Crippen LogP contribution in [0.1, 0.15) is 17.8 Å². The van der Waals surface area contributed by atoms with Gasteiger partial charge in [-0.25, -0.2) is 4.98 Å². The Bertz CT molecular complexity index is 718. The van der Waals surface area contributed by atoms with E-state index in [1.807, 2.05) is 37.5 Å². The maximum absolute atomic E-state index is 6.26. The highest BCUT2D eigenvalue weighted by Crippen LogP contribution is 2.32. The lowest BCUT2D eigenvalue weighted by Crippen LogP contribution is -2.29. The third-order valence-electron chi connectivity index (χ3n) is 3.38. The van der Waals surface area contributed by atoms with E-state index in [9.17, 15) is 0 Å². The number of benzene rings is 1. The van der Waals surface area contributed by atoms with Gasteiger partial charge in [-0.1, -0.05) is 30.3 Å². The maximum atomic E-state index is 6.26. The molecule has 0 radical (unpaired) electrons. The first-order valence-electron chi connectivity index (χ1n) is 6.74. The second-order valence-electron chi connectivity index (χ2n) is 5.00. The number of rotatable bonds is 4. The van der Waals surface area contributed by atoms with E-state index in [1.54, 1.807) is 11.3 Å². The minimum atomic E-state index is -0.00721. The largest absolute Gasteiger partial charge is 0.326 e. The van der Waals surface area contributed by atoms with E-state index >= 15 is 0 Å². The molecule has 0 spiro atoms. The van der Waals surface area contributed by atoms with Crippen LogP contribution in [0.3, 0.4) is 0 Å². The first-order chi connectivity index (χ1) is 10.2. The highest BCUT2D eigenvalue weighted by atomic mass is 79.9. The highest BCUT2D eigenvalue weighted by Gasteiger charge is 2.22.